The normalized spacial score (nSPS) is 20.1. The second kappa shape index (κ2) is 8.61. The number of methoxy groups -OCH3 is 1. The number of ether oxygens (including phenoxy) is 1. The SMILES string of the molecule is COC(=O)C1CCN(C(=O)c2cccc(S(=O)(=O)N3CCC(C)CC3)c2)CC1. The van der Waals surface area contributed by atoms with Crippen LogP contribution in [0.2, 0.25) is 0 Å². The molecule has 0 spiro atoms. The monoisotopic (exact) mass is 408 g/mol. The Labute approximate surface area is 166 Å². The molecule has 2 aliphatic rings. The van der Waals surface area contributed by atoms with Gasteiger partial charge in [0.1, 0.15) is 0 Å². The van der Waals surface area contributed by atoms with E-state index < -0.39 is 10.0 Å². The third-order valence-electron chi connectivity index (χ3n) is 5.78. The number of piperidine rings is 2. The fourth-order valence-electron chi connectivity index (χ4n) is 3.83. The summed E-state index contributed by atoms with van der Waals surface area (Å²) in [5, 5.41) is 0. The topological polar surface area (TPSA) is 84.0 Å². The molecule has 7 nitrogen and oxygen atoms in total. The Balaban J connectivity index is 1.71. The van der Waals surface area contributed by atoms with Crippen LogP contribution in [-0.4, -0.2) is 62.8 Å². The Kier molecular flexibility index (Phi) is 6.40. The summed E-state index contributed by atoms with van der Waals surface area (Å²) >= 11 is 0. The van der Waals surface area contributed by atoms with Gasteiger partial charge in [0.2, 0.25) is 10.0 Å². The van der Waals surface area contributed by atoms with Crippen LogP contribution in [0.1, 0.15) is 43.0 Å². The van der Waals surface area contributed by atoms with E-state index in [1.807, 2.05) is 0 Å². The first-order chi connectivity index (χ1) is 13.3. The smallest absolute Gasteiger partial charge is 0.308 e. The molecule has 2 aliphatic heterocycles. The van der Waals surface area contributed by atoms with Gasteiger partial charge in [0.25, 0.3) is 5.91 Å². The van der Waals surface area contributed by atoms with Crippen LogP contribution in [0.3, 0.4) is 0 Å². The number of carbonyl (C=O) groups excluding carboxylic acids is 2. The van der Waals surface area contributed by atoms with Crippen LogP contribution in [-0.2, 0) is 19.6 Å². The van der Waals surface area contributed by atoms with Crippen molar-refractivity contribution in [3.05, 3.63) is 29.8 Å². The van der Waals surface area contributed by atoms with E-state index in [1.165, 1.54) is 17.5 Å². The molecule has 0 aromatic heterocycles. The van der Waals surface area contributed by atoms with E-state index >= 15 is 0 Å². The van der Waals surface area contributed by atoms with Gasteiger partial charge in [-0.15, -0.1) is 0 Å². The van der Waals surface area contributed by atoms with Gasteiger partial charge >= 0.3 is 5.97 Å². The van der Waals surface area contributed by atoms with Crippen LogP contribution < -0.4 is 0 Å². The highest BCUT2D eigenvalue weighted by Gasteiger charge is 2.31. The molecule has 8 heteroatoms. The molecular weight excluding hydrogens is 380 g/mol. The van der Waals surface area contributed by atoms with Crippen molar-refractivity contribution in [3.8, 4) is 0 Å². The number of sulfonamides is 1. The van der Waals surface area contributed by atoms with Crippen LogP contribution in [0.25, 0.3) is 0 Å². The predicted molar refractivity (Wildman–Crippen MR) is 104 cm³/mol. The Morgan fingerprint density at radius 1 is 1.04 bits per heavy atom. The molecule has 1 amide bonds. The number of hydrogen-bond donors (Lipinski definition) is 0. The minimum absolute atomic E-state index is 0.164. The first-order valence-electron chi connectivity index (χ1n) is 9.80. The number of nitrogens with zero attached hydrogens (tertiary/aromatic N) is 2. The molecule has 0 atom stereocenters. The lowest BCUT2D eigenvalue weighted by Crippen LogP contribution is -2.40. The summed E-state index contributed by atoms with van der Waals surface area (Å²) in [4.78, 5) is 26.3. The molecule has 28 heavy (non-hydrogen) atoms. The summed E-state index contributed by atoms with van der Waals surface area (Å²) in [6.45, 7) is 4.08. The predicted octanol–water partition coefficient (Wildman–Crippen LogP) is 2.13. The zero-order chi connectivity index (χ0) is 20.3. The van der Waals surface area contributed by atoms with Crippen molar-refractivity contribution >= 4 is 21.9 Å². The lowest BCUT2D eigenvalue weighted by atomic mass is 9.96. The number of carbonyl (C=O) groups is 2. The zero-order valence-corrected chi connectivity index (χ0v) is 17.3. The van der Waals surface area contributed by atoms with Crippen LogP contribution in [0, 0.1) is 11.8 Å². The lowest BCUT2D eigenvalue weighted by molar-refractivity contribution is -0.146. The van der Waals surface area contributed by atoms with E-state index in [0.717, 1.165) is 12.8 Å². The van der Waals surface area contributed by atoms with Crippen molar-refractivity contribution in [2.75, 3.05) is 33.3 Å². The first kappa shape index (κ1) is 20.8. The summed E-state index contributed by atoms with van der Waals surface area (Å²) in [7, 11) is -2.22. The molecular formula is C20H28N2O5S. The van der Waals surface area contributed by atoms with Crippen molar-refractivity contribution in [1.29, 1.82) is 0 Å². The molecule has 154 valence electrons. The van der Waals surface area contributed by atoms with Crippen molar-refractivity contribution in [3.63, 3.8) is 0 Å². The van der Waals surface area contributed by atoms with Crippen molar-refractivity contribution in [2.45, 2.75) is 37.5 Å². The number of amides is 1. The van der Waals surface area contributed by atoms with Gasteiger partial charge in [-0.1, -0.05) is 13.0 Å². The average Bonchev–Trinajstić information content (AvgIpc) is 2.73. The largest absolute Gasteiger partial charge is 0.469 e. The maximum Gasteiger partial charge on any atom is 0.308 e. The number of rotatable bonds is 4. The number of hydrogen-bond acceptors (Lipinski definition) is 5. The first-order valence-corrected chi connectivity index (χ1v) is 11.2. The lowest BCUT2D eigenvalue weighted by Gasteiger charge is -2.31. The molecule has 2 fully saturated rings. The van der Waals surface area contributed by atoms with Gasteiger partial charge < -0.3 is 9.64 Å². The second-order valence-corrected chi connectivity index (χ2v) is 9.64. The Morgan fingerprint density at radius 3 is 2.29 bits per heavy atom. The minimum atomic E-state index is -3.59. The standard InChI is InChI=1S/C20H28N2O5S/c1-15-6-12-22(13-7-15)28(25,26)18-5-3-4-17(14-18)19(23)21-10-8-16(9-11-21)20(24)27-2/h3-5,14-16H,6-13H2,1-2H3. The number of benzene rings is 1. The van der Waals surface area contributed by atoms with Gasteiger partial charge in [0, 0.05) is 31.7 Å². The summed E-state index contributed by atoms with van der Waals surface area (Å²) < 4.78 is 32.2. The highest BCUT2D eigenvalue weighted by molar-refractivity contribution is 7.89. The Hall–Kier alpha value is -1.93. The number of esters is 1. The molecule has 0 unspecified atom stereocenters. The van der Waals surface area contributed by atoms with Gasteiger partial charge in [0.15, 0.2) is 0 Å². The number of likely N-dealkylation sites (tertiary alicyclic amines) is 1. The molecule has 1 aromatic rings. The Morgan fingerprint density at radius 2 is 1.68 bits per heavy atom. The van der Waals surface area contributed by atoms with Crippen LogP contribution in [0.4, 0.5) is 0 Å². The highest BCUT2D eigenvalue weighted by atomic mass is 32.2. The van der Waals surface area contributed by atoms with Crippen LogP contribution in [0.5, 0.6) is 0 Å². The van der Waals surface area contributed by atoms with E-state index in [-0.39, 0.29) is 22.7 Å². The molecule has 0 bridgehead atoms. The summed E-state index contributed by atoms with van der Waals surface area (Å²) in [5.41, 5.74) is 0.364. The third-order valence-corrected chi connectivity index (χ3v) is 7.67. The molecule has 1 aromatic carbocycles. The van der Waals surface area contributed by atoms with Gasteiger partial charge in [0.05, 0.1) is 17.9 Å². The van der Waals surface area contributed by atoms with E-state index in [0.29, 0.717) is 50.5 Å². The van der Waals surface area contributed by atoms with Crippen LogP contribution in [0.15, 0.2) is 29.2 Å². The average molecular weight is 409 g/mol. The van der Waals surface area contributed by atoms with Gasteiger partial charge in [-0.2, -0.15) is 4.31 Å². The van der Waals surface area contributed by atoms with Crippen molar-refractivity contribution < 1.29 is 22.7 Å². The summed E-state index contributed by atoms with van der Waals surface area (Å²) in [6, 6.07) is 6.29. The fourth-order valence-corrected chi connectivity index (χ4v) is 5.35. The van der Waals surface area contributed by atoms with E-state index in [2.05, 4.69) is 6.92 Å². The molecule has 0 aliphatic carbocycles. The molecule has 3 rings (SSSR count). The molecule has 2 heterocycles. The quantitative estimate of drug-likeness (QED) is 0.713. The molecule has 0 N–H and O–H groups in total. The minimum Gasteiger partial charge on any atom is -0.469 e. The van der Waals surface area contributed by atoms with Gasteiger partial charge in [-0.3, -0.25) is 9.59 Å². The van der Waals surface area contributed by atoms with E-state index in [1.54, 1.807) is 23.1 Å². The van der Waals surface area contributed by atoms with Gasteiger partial charge in [-0.05, 0) is 49.8 Å². The molecule has 0 radical (unpaired) electrons. The maximum absolute atomic E-state index is 12.9. The highest BCUT2D eigenvalue weighted by Crippen LogP contribution is 2.25. The third kappa shape index (κ3) is 4.38. The summed E-state index contributed by atoms with van der Waals surface area (Å²) in [6.07, 6.45) is 2.82. The fraction of sp³-hybridized carbons (Fsp3) is 0.600. The zero-order valence-electron chi connectivity index (χ0n) is 16.5. The van der Waals surface area contributed by atoms with Crippen molar-refractivity contribution in [2.24, 2.45) is 11.8 Å². The van der Waals surface area contributed by atoms with Crippen molar-refractivity contribution in [1.82, 2.24) is 9.21 Å². The summed E-state index contributed by atoms with van der Waals surface area (Å²) in [5.74, 6) is -0.0850. The Bertz CT molecular complexity index is 823. The van der Waals surface area contributed by atoms with Gasteiger partial charge in [-0.25, -0.2) is 8.42 Å². The van der Waals surface area contributed by atoms with Crippen LogP contribution >= 0.6 is 0 Å². The van der Waals surface area contributed by atoms with E-state index in [4.69, 9.17) is 4.74 Å². The molecule has 2 saturated heterocycles. The van der Waals surface area contributed by atoms with E-state index in [9.17, 15) is 18.0 Å². The molecule has 0 saturated carbocycles. The second-order valence-electron chi connectivity index (χ2n) is 7.70. The maximum atomic E-state index is 12.9.